The monoisotopic (exact) mass is 625 g/mol. The summed E-state index contributed by atoms with van der Waals surface area (Å²) in [5.74, 6) is -0.558. The number of carbonyl (C=O) groups is 2. The minimum absolute atomic E-state index is 0.0184. The highest BCUT2D eigenvalue weighted by molar-refractivity contribution is 6.72. The smallest absolute Gasteiger partial charge is 0.264 e. The standard InChI is InChI=1S/C31H37ClFN5O4Si/c1-20-29(43(2,3)33)27(11-14-36-19-23(12-15-39)34-35-36)42-31(20)25-17-22(32)9-10-26(25)38(30(31)41)18-21-6-4-7-24(16-21)37-13-5-8-28(37)40/h4,6-7,9-10,16-17,19-20,27,29,39H,5,8,11-15,18H2,1-3H3/t20-,27+,29-,31+/m0/s1. The van der Waals surface area contributed by atoms with Gasteiger partial charge >= 0.3 is 0 Å². The molecule has 1 aromatic heterocycles. The van der Waals surface area contributed by atoms with Gasteiger partial charge in [0.2, 0.25) is 14.3 Å². The van der Waals surface area contributed by atoms with E-state index >= 15 is 4.11 Å². The highest BCUT2D eigenvalue weighted by Gasteiger charge is 2.66. The van der Waals surface area contributed by atoms with E-state index in [1.165, 1.54) is 0 Å². The number of rotatable bonds is 9. The van der Waals surface area contributed by atoms with E-state index in [1.807, 2.05) is 37.3 Å². The van der Waals surface area contributed by atoms with Gasteiger partial charge in [-0.2, -0.15) is 0 Å². The van der Waals surface area contributed by atoms with Crippen molar-refractivity contribution in [1.29, 1.82) is 0 Å². The van der Waals surface area contributed by atoms with Crippen LogP contribution in [0.25, 0.3) is 0 Å². The minimum atomic E-state index is -3.32. The van der Waals surface area contributed by atoms with Crippen molar-refractivity contribution in [2.45, 2.75) is 76.0 Å². The molecular formula is C31H37ClFN5O4Si. The molecule has 2 saturated heterocycles. The molecule has 1 spiro atoms. The molecule has 2 amide bonds. The summed E-state index contributed by atoms with van der Waals surface area (Å²) < 4.78 is 24.6. The second-order valence-electron chi connectivity index (χ2n) is 12.4. The summed E-state index contributed by atoms with van der Waals surface area (Å²) in [6.45, 7) is 6.67. The largest absolute Gasteiger partial charge is 0.396 e. The van der Waals surface area contributed by atoms with Crippen LogP contribution in [0, 0.1) is 5.92 Å². The molecule has 2 aromatic carbocycles. The van der Waals surface area contributed by atoms with E-state index in [9.17, 15) is 14.7 Å². The maximum Gasteiger partial charge on any atom is 0.264 e. The Kier molecular flexibility index (Phi) is 7.95. The van der Waals surface area contributed by atoms with Gasteiger partial charge in [-0.1, -0.05) is 35.9 Å². The predicted octanol–water partition coefficient (Wildman–Crippen LogP) is 5.01. The Balaban J connectivity index is 1.33. The molecule has 43 heavy (non-hydrogen) atoms. The molecular weight excluding hydrogens is 589 g/mol. The third kappa shape index (κ3) is 5.30. The Morgan fingerprint density at radius 2 is 2.02 bits per heavy atom. The molecule has 4 atom stereocenters. The fourth-order valence-electron chi connectivity index (χ4n) is 7.31. The quantitative estimate of drug-likeness (QED) is 0.265. The summed E-state index contributed by atoms with van der Waals surface area (Å²) >= 11 is 6.50. The lowest BCUT2D eigenvalue weighted by molar-refractivity contribution is -0.146. The van der Waals surface area contributed by atoms with Gasteiger partial charge in [-0.3, -0.25) is 14.3 Å². The number of aromatic nitrogens is 3. The molecule has 0 radical (unpaired) electrons. The highest BCUT2D eigenvalue weighted by Crippen LogP contribution is 2.60. The molecule has 0 saturated carbocycles. The number of nitrogens with zero attached hydrogens (tertiary/aromatic N) is 5. The lowest BCUT2D eigenvalue weighted by Crippen LogP contribution is -2.45. The van der Waals surface area contributed by atoms with Gasteiger partial charge in [-0.25, -0.2) is 0 Å². The summed E-state index contributed by atoms with van der Waals surface area (Å²) in [5.41, 5.74) is 1.93. The second kappa shape index (κ2) is 11.4. The van der Waals surface area contributed by atoms with Crippen LogP contribution in [0.2, 0.25) is 23.7 Å². The van der Waals surface area contributed by atoms with Crippen molar-refractivity contribution in [3.63, 3.8) is 0 Å². The summed E-state index contributed by atoms with van der Waals surface area (Å²) in [6.07, 6.45) is 3.49. The van der Waals surface area contributed by atoms with Crippen LogP contribution in [-0.2, 0) is 39.4 Å². The third-order valence-corrected chi connectivity index (χ3v) is 11.8. The van der Waals surface area contributed by atoms with Crippen molar-refractivity contribution < 1.29 is 23.5 Å². The van der Waals surface area contributed by atoms with Crippen molar-refractivity contribution in [2.75, 3.05) is 23.0 Å². The van der Waals surface area contributed by atoms with E-state index in [0.29, 0.717) is 54.3 Å². The van der Waals surface area contributed by atoms with Crippen molar-refractivity contribution in [2.24, 2.45) is 5.92 Å². The molecule has 0 bridgehead atoms. The number of fused-ring (bicyclic) bond motifs is 2. The first-order valence-corrected chi connectivity index (χ1v) is 18.2. The van der Waals surface area contributed by atoms with Gasteiger partial charge in [0.05, 0.1) is 24.0 Å². The number of halogens is 2. The van der Waals surface area contributed by atoms with Gasteiger partial charge in [0.15, 0.2) is 5.60 Å². The zero-order chi connectivity index (χ0) is 30.5. The van der Waals surface area contributed by atoms with E-state index in [2.05, 4.69) is 10.3 Å². The molecule has 12 heteroatoms. The first kappa shape index (κ1) is 29.9. The van der Waals surface area contributed by atoms with Crippen molar-refractivity contribution in [1.82, 2.24) is 15.0 Å². The Hall–Kier alpha value is -3.12. The summed E-state index contributed by atoms with van der Waals surface area (Å²) in [6, 6.07) is 13.1. The first-order valence-electron chi connectivity index (χ1n) is 14.9. The fraction of sp³-hybridized carbons (Fsp3) is 0.484. The molecule has 3 aromatic rings. The maximum absolute atomic E-state index is 16.1. The molecule has 2 fully saturated rings. The topological polar surface area (TPSA) is 101 Å². The van der Waals surface area contributed by atoms with Gasteiger partial charge in [-0.15, -0.1) is 5.10 Å². The van der Waals surface area contributed by atoms with E-state index < -0.39 is 31.6 Å². The molecule has 0 aliphatic carbocycles. The number of carbonyl (C=O) groups excluding carboxylic acids is 2. The Morgan fingerprint density at radius 1 is 1.21 bits per heavy atom. The van der Waals surface area contributed by atoms with E-state index in [-0.39, 0.29) is 25.0 Å². The van der Waals surface area contributed by atoms with Crippen LogP contribution in [-0.4, -0.2) is 59.6 Å². The van der Waals surface area contributed by atoms with Gasteiger partial charge in [0.1, 0.15) is 0 Å². The average Bonchev–Trinajstić information content (AvgIpc) is 3.71. The van der Waals surface area contributed by atoms with Crippen LogP contribution < -0.4 is 9.80 Å². The zero-order valence-corrected chi connectivity index (χ0v) is 26.4. The van der Waals surface area contributed by atoms with Crippen LogP contribution in [0.1, 0.15) is 43.0 Å². The van der Waals surface area contributed by atoms with Crippen LogP contribution in [0.3, 0.4) is 0 Å². The number of aryl methyl sites for hydroxylation is 1. The van der Waals surface area contributed by atoms with Crippen LogP contribution in [0.4, 0.5) is 15.5 Å². The Bertz CT molecular complexity index is 1550. The predicted molar refractivity (Wildman–Crippen MR) is 164 cm³/mol. The number of aliphatic hydroxyl groups is 1. The average molecular weight is 626 g/mol. The SMILES string of the molecule is C[C@H]1[C@H]([Si](C)(C)F)[C@@H](CCn2cc(CCO)nn2)O[C@]12C(=O)N(Cc1cccc(N3CCCC3=O)c1)c1ccc(Cl)cc12. The molecule has 3 aliphatic heterocycles. The lowest BCUT2D eigenvalue weighted by Gasteiger charge is -2.31. The van der Waals surface area contributed by atoms with Crippen molar-refractivity contribution in [3.05, 3.63) is 70.5 Å². The normalized spacial score (nSPS) is 25.4. The third-order valence-electron chi connectivity index (χ3n) is 9.16. The van der Waals surface area contributed by atoms with E-state index in [4.69, 9.17) is 16.3 Å². The van der Waals surface area contributed by atoms with Gasteiger partial charge in [0.25, 0.3) is 5.91 Å². The highest BCUT2D eigenvalue weighted by atomic mass is 35.5. The number of amides is 2. The van der Waals surface area contributed by atoms with Crippen molar-refractivity contribution >= 4 is 43.2 Å². The van der Waals surface area contributed by atoms with Gasteiger partial charge in [-0.05, 0) is 61.8 Å². The molecule has 228 valence electrons. The number of ether oxygens (including phenoxy) is 1. The van der Waals surface area contributed by atoms with Crippen LogP contribution in [0.15, 0.2) is 48.7 Å². The van der Waals surface area contributed by atoms with E-state index in [1.54, 1.807) is 45.9 Å². The Labute approximate surface area is 256 Å². The van der Waals surface area contributed by atoms with Gasteiger partial charge in [0, 0.05) is 66.5 Å². The summed E-state index contributed by atoms with van der Waals surface area (Å²) in [4.78, 5) is 30.5. The molecule has 1 N–H and O–H groups in total. The lowest BCUT2D eigenvalue weighted by atomic mass is 9.82. The number of hydrogen-bond acceptors (Lipinski definition) is 6. The Morgan fingerprint density at radius 3 is 2.74 bits per heavy atom. The molecule has 9 nitrogen and oxygen atoms in total. The molecule has 0 unspecified atom stereocenters. The summed E-state index contributed by atoms with van der Waals surface area (Å²) in [7, 11) is -3.32. The maximum atomic E-state index is 16.1. The van der Waals surface area contributed by atoms with Crippen LogP contribution in [0.5, 0.6) is 0 Å². The second-order valence-corrected chi connectivity index (χ2v) is 16.6. The minimum Gasteiger partial charge on any atom is -0.396 e. The molecule has 3 aliphatic rings. The first-order chi connectivity index (χ1) is 20.5. The fourth-order valence-corrected chi connectivity index (χ4v) is 10.0. The van der Waals surface area contributed by atoms with Gasteiger partial charge < -0.3 is 23.8 Å². The summed E-state index contributed by atoms with van der Waals surface area (Å²) in [5, 5.41) is 17.9. The number of anilines is 2. The number of benzene rings is 2. The van der Waals surface area contributed by atoms with E-state index in [0.717, 1.165) is 17.7 Å². The van der Waals surface area contributed by atoms with Crippen LogP contribution >= 0.6 is 11.6 Å². The van der Waals surface area contributed by atoms with Crippen molar-refractivity contribution in [3.8, 4) is 0 Å². The zero-order valence-electron chi connectivity index (χ0n) is 24.7. The molecule has 6 rings (SSSR count). The number of aliphatic hydroxyl groups excluding tert-OH is 1. The molecule has 4 heterocycles. The number of hydrogen-bond donors (Lipinski definition) is 1.